The number of nitrogens with two attached hydrogens (primary N) is 1. The van der Waals surface area contributed by atoms with Crippen LogP contribution < -0.4 is 15.4 Å². The van der Waals surface area contributed by atoms with Crippen molar-refractivity contribution in [2.75, 3.05) is 14.2 Å². The van der Waals surface area contributed by atoms with Gasteiger partial charge in [-0.1, -0.05) is 0 Å². The van der Waals surface area contributed by atoms with Crippen molar-refractivity contribution in [1.82, 2.24) is 0 Å². The van der Waals surface area contributed by atoms with Gasteiger partial charge in [-0.3, -0.25) is 4.84 Å². The standard InChI is InChI=1S/C9H13NO3.ClH/c1-11-8-3-7(6-13-10)4-9(5-8)12-2;/h3-5H,6,10H2,1-2H3;1H. The lowest BCUT2D eigenvalue weighted by molar-refractivity contribution is 0.123. The molecule has 0 aliphatic rings. The third kappa shape index (κ3) is 3.41. The van der Waals surface area contributed by atoms with Gasteiger partial charge in [0.25, 0.3) is 0 Å². The fourth-order valence-corrected chi connectivity index (χ4v) is 1.05. The zero-order chi connectivity index (χ0) is 9.68. The Hall–Kier alpha value is -0.970. The minimum absolute atomic E-state index is 0. The second-order valence-corrected chi connectivity index (χ2v) is 2.53. The number of hydrogen-bond donors (Lipinski definition) is 1. The Morgan fingerprint density at radius 1 is 1.07 bits per heavy atom. The van der Waals surface area contributed by atoms with Crippen molar-refractivity contribution in [3.63, 3.8) is 0 Å². The maximum atomic E-state index is 5.07. The molecule has 80 valence electrons. The number of benzene rings is 1. The van der Waals surface area contributed by atoms with E-state index in [-0.39, 0.29) is 12.4 Å². The molecule has 0 radical (unpaired) electrons. The summed E-state index contributed by atoms with van der Waals surface area (Å²) in [6, 6.07) is 5.48. The van der Waals surface area contributed by atoms with E-state index >= 15 is 0 Å². The number of hydrogen-bond acceptors (Lipinski definition) is 4. The molecular formula is C9H14ClNO3. The van der Waals surface area contributed by atoms with Gasteiger partial charge in [0.05, 0.1) is 20.8 Å². The van der Waals surface area contributed by atoms with E-state index in [2.05, 4.69) is 4.84 Å². The fourth-order valence-electron chi connectivity index (χ4n) is 1.05. The molecule has 0 saturated carbocycles. The first-order valence-corrected chi connectivity index (χ1v) is 3.83. The minimum atomic E-state index is 0. The highest BCUT2D eigenvalue weighted by Crippen LogP contribution is 2.22. The molecule has 0 unspecified atom stereocenters. The molecule has 0 aliphatic heterocycles. The third-order valence-electron chi connectivity index (χ3n) is 1.66. The lowest BCUT2D eigenvalue weighted by Gasteiger charge is -2.07. The van der Waals surface area contributed by atoms with Gasteiger partial charge in [-0.2, -0.15) is 0 Å². The van der Waals surface area contributed by atoms with E-state index in [1.807, 2.05) is 12.1 Å². The Balaban J connectivity index is 0.00000169. The summed E-state index contributed by atoms with van der Waals surface area (Å²) >= 11 is 0. The van der Waals surface area contributed by atoms with E-state index in [0.717, 1.165) is 17.1 Å². The number of halogens is 1. The van der Waals surface area contributed by atoms with Crippen molar-refractivity contribution < 1.29 is 14.3 Å². The van der Waals surface area contributed by atoms with E-state index in [4.69, 9.17) is 15.4 Å². The second kappa shape index (κ2) is 6.48. The molecule has 1 rings (SSSR count). The Morgan fingerprint density at radius 3 is 1.93 bits per heavy atom. The molecular weight excluding hydrogens is 206 g/mol. The summed E-state index contributed by atoms with van der Waals surface area (Å²) in [5.41, 5.74) is 0.915. The van der Waals surface area contributed by atoms with Crippen LogP contribution in [0, 0.1) is 0 Å². The smallest absolute Gasteiger partial charge is 0.122 e. The van der Waals surface area contributed by atoms with Crippen LogP contribution in [0.4, 0.5) is 0 Å². The first-order valence-electron chi connectivity index (χ1n) is 3.83. The van der Waals surface area contributed by atoms with E-state index in [9.17, 15) is 0 Å². The molecule has 0 atom stereocenters. The van der Waals surface area contributed by atoms with Crippen molar-refractivity contribution in [3.05, 3.63) is 23.8 Å². The van der Waals surface area contributed by atoms with Crippen LogP contribution in [0.1, 0.15) is 5.56 Å². The lowest BCUT2D eigenvalue weighted by Crippen LogP contribution is -1.99. The molecule has 0 spiro atoms. The molecule has 5 heteroatoms. The highest BCUT2D eigenvalue weighted by Gasteiger charge is 2.00. The van der Waals surface area contributed by atoms with Gasteiger partial charge in [0.2, 0.25) is 0 Å². The summed E-state index contributed by atoms with van der Waals surface area (Å²) in [4.78, 5) is 4.52. The van der Waals surface area contributed by atoms with Crippen LogP contribution in [0.25, 0.3) is 0 Å². The van der Waals surface area contributed by atoms with Crippen LogP contribution in [0.3, 0.4) is 0 Å². The Labute approximate surface area is 89.3 Å². The maximum absolute atomic E-state index is 5.07. The molecule has 0 fully saturated rings. The number of ether oxygens (including phenoxy) is 2. The predicted molar refractivity (Wildman–Crippen MR) is 55.8 cm³/mol. The van der Waals surface area contributed by atoms with Crippen molar-refractivity contribution in [2.45, 2.75) is 6.61 Å². The van der Waals surface area contributed by atoms with Crippen molar-refractivity contribution in [3.8, 4) is 11.5 Å². The van der Waals surface area contributed by atoms with Gasteiger partial charge < -0.3 is 9.47 Å². The highest BCUT2D eigenvalue weighted by molar-refractivity contribution is 5.85. The summed E-state index contributed by atoms with van der Waals surface area (Å²) in [7, 11) is 3.20. The molecule has 0 saturated heterocycles. The van der Waals surface area contributed by atoms with Gasteiger partial charge in [0, 0.05) is 6.07 Å². The van der Waals surface area contributed by atoms with E-state index < -0.39 is 0 Å². The average Bonchev–Trinajstić information content (AvgIpc) is 2.17. The normalized spacial score (nSPS) is 9.07. The van der Waals surface area contributed by atoms with E-state index in [1.165, 1.54) is 0 Å². The molecule has 0 heterocycles. The van der Waals surface area contributed by atoms with Gasteiger partial charge >= 0.3 is 0 Å². The van der Waals surface area contributed by atoms with Crippen LogP contribution in [0.2, 0.25) is 0 Å². The fraction of sp³-hybridized carbons (Fsp3) is 0.333. The molecule has 0 aromatic heterocycles. The average molecular weight is 220 g/mol. The molecule has 0 amide bonds. The summed E-state index contributed by atoms with van der Waals surface area (Å²) in [6.45, 7) is 0.341. The summed E-state index contributed by atoms with van der Waals surface area (Å²) in [5, 5.41) is 0. The maximum Gasteiger partial charge on any atom is 0.122 e. The zero-order valence-electron chi connectivity index (χ0n) is 8.15. The number of methoxy groups -OCH3 is 2. The summed E-state index contributed by atoms with van der Waals surface area (Å²) < 4.78 is 10.1. The van der Waals surface area contributed by atoms with Crippen LogP contribution in [-0.2, 0) is 11.4 Å². The number of rotatable bonds is 4. The van der Waals surface area contributed by atoms with Crippen LogP contribution in [0.5, 0.6) is 11.5 Å². The monoisotopic (exact) mass is 219 g/mol. The molecule has 14 heavy (non-hydrogen) atoms. The Bertz CT molecular complexity index is 259. The van der Waals surface area contributed by atoms with Gasteiger partial charge in [-0.05, 0) is 17.7 Å². The van der Waals surface area contributed by atoms with Crippen LogP contribution in [0.15, 0.2) is 18.2 Å². The largest absolute Gasteiger partial charge is 0.497 e. The van der Waals surface area contributed by atoms with E-state index in [1.54, 1.807) is 20.3 Å². The van der Waals surface area contributed by atoms with Crippen molar-refractivity contribution in [1.29, 1.82) is 0 Å². The van der Waals surface area contributed by atoms with Gasteiger partial charge in [0.15, 0.2) is 0 Å². The minimum Gasteiger partial charge on any atom is -0.497 e. The summed E-state index contributed by atoms with van der Waals surface area (Å²) in [5.74, 6) is 6.42. The zero-order valence-corrected chi connectivity index (χ0v) is 8.97. The lowest BCUT2D eigenvalue weighted by atomic mass is 10.2. The predicted octanol–water partition coefficient (Wildman–Crippen LogP) is 1.52. The molecule has 0 bridgehead atoms. The topological polar surface area (TPSA) is 53.7 Å². The first-order chi connectivity index (χ1) is 6.30. The van der Waals surface area contributed by atoms with Gasteiger partial charge in [-0.15, -0.1) is 12.4 Å². The molecule has 4 nitrogen and oxygen atoms in total. The van der Waals surface area contributed by atoms with Gasteiger partial charge in [0.1, 0.15) is 11.5 Å². The SMILES string of the molecule is COc1cc(CON)cc(OC)c1.Cl. The van der Waals surface area contributed by atoms with Crippen LogP contribution in [-0.4, -0.2) is 14.2 Å². The third-order valence-corrected chi connectivity index (χ3v) is 1.66. The van der Waals surface area contributed by atoms with E-state index in [0.29, 0.717) is 6.61 Å². The molecule has 1 aromatic carbocycles. The highest BCUT2D eigenvalue weighted by atomic mass is 35.5. The summed E-state index contributed by atoms with van der Waals surface area (Å²) in [6.07, 6.45) is 0. The van der Waals surface area contributed by atoms with Crippen LogP contribution >= 0.6 is 12.4 Å². The van der Waals surface area contributed by atoms with Gasteiger partial charge in [-0.25, -0.2) is 5.90 Å². The molecule has 0 aliphatic carbocycles. The molecule has 2 N–H and O–H groups in total. The quantitative estimate of drug-likeness (QED) is 0.781. The Morgan fingerprint density at radius 2 is 1.57 bits per heavy atom. The Kier molecular flexibility index (Phi) is 6.03. The van der Waals surface area contributed by atoms with Crippen molar-refractivity contribution in [2.24, 2.45) is 5.90 Å². The first kappa shape index (κ1) is 13.0. The molecule has 1 aromatic rings. The van der Waals surface area contributed by atoms with Crippen molar-refractivity contribution >= 4 is 12.4 Å². The second-order valence-electron chi connectivity index (χ2n) is 2.53.